The Balaban J connectivity index is 5.21. The molecule has 16 heavy (non-hydrogen) atoms. The van der Waals surface area contributed by atoms with Crippen LogP contribution in [0.5, 0.6) is 0 Å². The molecule has 6 nitrogen and oxygen atoms in total. The van der Waals surface area contributed by atoms with Crippen molar-refractivity contribution >= 4 is 15.9 Å². The van der Waals surface area contributed by atoms with Gasteiger partial charge in [0.25, 0.3) is 0 Å². The minimum atomic E-state index is -3.79. The summed E-state index contributed by atoms with van der Waals surface area (Å²) in [6.07, 6.45) is 0.181. The van der Waals surface area contributed by atoms with Crippen molar-refractivity contribution in [2.24, 2.45) is 5.73 Å². The number of nitriles is 1. The van der Waals surface area contributed by atoms with Crippen LogP contribution in [-0.2, 0) is 14.8 Å². The van der Waals surface area contributed by atoms with E-state index in [9.17, 15) is 13.2 Å². The number of carbonyl (C=O) groups is 1. The SMILES string of the molecule is CCC(C#N)S(=O)(=O)N(CC(N)=O)C(C)C. The third-order valence-corrected chi connectivity index (χ3v) is 4.45. The van der Waals surface area contributed by atoms with E-state index in [1.165, 1.54) is 0 Å². The van der Waals surface area contributed by atoms with Crippen LogP contribution in [-0.4, -0.2) is 36.5 Å². The first-order chi connectivity index (χ1) is 7.27. The van der Waals surface area contributed by atoms with E-state index in [1.807, 2.05) is 0 Å². The number of hydrogen-bond acceptors (Lipinski definition) is 4. The van der Waals surface area contributed by atoms with Crippen molar-refractivity contribution in [2.45, 2.75) is 38.5 Å². The number of sulfonamides is 1. The zero-order valence-corrected chi connectivity index (χ0v) is 10.5. The normalized spacial score (nSPS) is 13.8. The molecule has 2 N–H and O–H groups in total. The van der Waals surface area contributed by atoms with E-state index < -0.39 is 33.8 Å². The fourth-order valence-electron chi connectivity index (χ4n) is 1.25. The van der Waals surface area contributed by atoms with Crippen LogP contribution >= 0.6 is 0 Å². The van der Waals surface area contributed by atoms with Crippen LogP contribution in [0.2, 0.25) is 0 Å². The number of carbonyl (C=O) groups excluding carboxylic acids is 1. The van der Waals surface area contributed by atoms with Crippen molar-refractivity contribution in [1.82, 2.24) is 4.31 Å². The Morgan fingerprint density at radius 2 is 2.00 bits per heavy atom. The summed E-state index contributed by atoms with van der Waals surface area (Å²) in [5.41, 5.74) is 4.98. The summed E-state index contributed by atoms with van der Waals surface area (Å²) in [5, 5.41) is 7.62. The minimum absolute atomic E-state index is 0.181. The van der Waals surface area contributed by atoms with E-state index >= 15 is 0 Å². The second kappa shape index (κ2) is 5.82. The van der Waals surface area contributed by atoms with Crippen molar-refractivity contribution in [1.29, 1.82) is 5.26 Å². The first kappa shape index (κ1) is 14.9. The lowest BCUT2D eigenvalue weighted by Gasteiger charge is -2.26. The second-order valence-electron chi connectivity index (χ2n) is 3.68. The maximum absolute atomic E-state index is 12.0. The van der Waals surface area contributed by atoms with Crippen molar-refractivity contribution in [3.63, 3.8) is 0 Å². The predicted octanol–water partition coefficient (Wildman–Crippen LogP) is -0.186. The lowest BCUT2D eigenvalue weighted by atomic mass is 10.4. The molecule has 0 aliphatic heterocycles. The third-order valence-electron chi connectivity index (χ3n) is 2.09. The fraction of sp³-hybridized carbons (Fsp3) is 0.778. The Kier molecular flexibility index (Phi) is 5.41. The van der Waals surface area contributed by atoms with Crippen LogP contribution in [0.1, 0.15) is 27.2 Å². The number of nitrogens with zero attached hydrogens (tertiary/aromatic N) is 2. The van der Waals surface area contributed by atoms with Gasteiger partial charge in [0.2, 0.25) is 15.9 Å². The Morgan fingerprint density at radius 1 is 1.50 bits per heavy atom. The van der Waals surface area contributed by atoms with Gasteiger partial charge in [-0.15, -0.1) is 0 Å². The zero-order valence-electron chi connectivity index (χ0n) is 9.67. The van der Waals surface area contributed by atoms with E-state index in [-0.39, 0.29) is 6.42 Å². The number of rotatable bonds is 6. The van der Waals surface area contributed by atoms with Gasteiger partial charge in [-0.1, -0.05) is 6.92 Å². The average molecular weight is 247 g/mol. The van der Waals surface area contributed by atoms with Crippen LogP contribution in [0.15, 0.2) is 0 Å². The molecule has 0 spiro atoms. The highest BCUT2D eigenvalue weighted by molar-refractivity contribution is 7.90. The molecule has 1 unspecified atom stereocenters. The minimum Gasteiger partial charge on any atom is -0.369 e. The molecule has 1 atom stereocenters. The summed E-state index contributed by atoms with van der Waals surface area (Å²) in [6, 6.07) is 1.32. The van der Waals surface area contributed by atoms with Gasteiger partial charge in [0.1, 0.15) is 0 Å². The van der Waals surface area contributed by atoms with E-state index in [0.717, 1.165) is 4.31 Å². The zero-order chi connectivity index (χ0) is 12.9. The van der Waals surface area contributed by atoms with Gasteiger partial charge in [-0.2, -0.15) is 9.57 Å². The molecule has 7 heteroatoms. The van der Waals surface area contributed by atoms with Crippen LogP contribution < -0.4 is 5.73 Å². The lowest BCUT2D eigenvalue weighted by Crippen LogP contribution is -2.46. The highest BCUT2D eigenvalue weighted by Crippen LogP contribution is 2.14. The van der Waals surface area contributed by atoms with Crippen LogP contribution in [0.4, 0.5) is 0 Å². The molecule has 0 bridgehead atoms. The summed E-state index contributed by atoms with van der Waals surface area (Å²) in [6.45, 7) is 4.47. The fourth-order valence-corrected chi connectivity index (χ4v) is 3.03. The smallest absolute Gasteiger partial charge is 0.232 e. The quantitative estimate of drug-likeness (QED) is 0.702. The molecule has 0 saturated heterocycles. The van der Waals surface area contributed by atoms with Gasteiger partial charge >= 0.3 is 0 Å². The summed E-state index contributed by atoms with van der Waals surface area (Å²) in [7, 11) is -3.79. The lowest BCUT2D eigenvalue weighted by molar-refractivity contribution is -0.118. The maximum atomic E-state index is 12.0. The number of hydrogen-bond donors (Lipinski definition) is 1. The Bertz CT molecular complexity index is 383. The molecule has 0 aromatic heterocycles. The molecule has 1 amide bonds. The summed E-state index contributed by atoms with van der Waals surface area (Å²) in [5.74, 6) is -0.731. The molecule has 0 saturated carbocycles. The predicted molar refractivity (Wildman–Crippen MR) is 59.6 cm³/mol. The monoisotopic (exact) mass is 247 g/mol. The summed E-state index contributed by atoms with van der Waals surface area (Å²) < 4.78 is 24.9. The first-order valence-electron chi connectivity index (χ1n) is 4.95. The molecule has 0 aliphatic rings. The molecule has 92 valence electrons. The van der Waals surface area contributed by atoms with Gasteiger partial charge in [0.15, 0.2) is 5.25 Å². The molecular formula is C9H17N3O3S. The largest absolute Gasteiger partial charge is 0.369 e. The molecule has 0 fully saturated rings. The van der Waals surface area contributed by atoms with Gasteiger partial charge in [-0.25, -0.2) is 8.42 Å². The van der Waals surface area contributed by atoms with E-state index in [2.05, 4.69) is 0 Å². The number of amides is 1. The summed E-state index contributed by atoms with van der Waals surface area (Å²) in [4.78, 5) is 10.8. The topological polar surface area (TPSA) is 104 Å². The molecule has 0 heterocycles. The maximum Gasteiger partial charge on any atom is 0.232 e. The molecule has 0 aromatic carbocycles. The third kappa shape index (κ3) is 3.47. The van der Waals surface area contributed by atoms with Crippen molar-refractivity contribution < 1.29 is 13.2 Å². The Labute approximate surface area is 96.1 Å². The van der Waals surface area contributed by atoms with Crippen LogP contribution in [0.25, 0.3) is 0 Å². The van der Waals surface area contributed by atoms with Crippen LogP contribution in [0.3, 0.4) is 0 Å². The van der Waals surface area contributed by atoms with E-state index in [4.69, 9.17) is 11.0 Å². The number of nitrogens with two attached hydrogens (primary N) is 1. The standard InChI is InChI=1S/C9H17N3O3S/c1-4-8(5-10)16(14,15)12(7(2)3)6-9(11)13/h7-8H,4,6H2,1-3H3,(H2,11,13). The highest BCUT2D eigenvalue weighted by atomic mass is 32.2. The molecule has 0 aliphatic carbocycles. The molecule has 0 aromatic rings. The van der Waals surface area contributed by atoms with Crippen molar-refractivity contribution in [3.05, 3.63) is 0 Å². The second-order valence-corrected chi connectivity index (χ2v) is 5.74. The van der Waals surface area contributed by atoms with Crippen molar-refractivity contribution in [2.75, 3.05) is 6.54 Å². The van der Waals surface area contributed by atoms with Gasteiger partial charge in [0.05, 0.1) is 12.6 Å². The van der Waals surface area contributed by atoms with Crippen molar-refractivity contribution in [3.8, 4) is 6.07 Å². The first-order valence-corrected chi connectivity index (χ1v) is 6.46. The summed E-state index contributed by atoms with van der Waals surface area (Å²) >= 11 is 0. The Morgan fingerprint density at radius 3 is 2.25 bits per heavy atom. The van der Waals surface area contributed by atoms with Gasteiger partial charge < -0.3 is 5.73 Å². The van der Waals surface area contributed by atoms with E-state index in [1.54, 1.807) is 26.8 Å². The number of primary amides is 1. The molecule has 0 radical (unpaired) electrons. The average Bonchev–Trinajstić information content (AvgIpc) is 2.14. The molecular weight excluding hydrogens is 230 g/mol. The van der Waals surface area contributed by atoms with Gasteiger partial charge in [0, 0.05) is 6.04 Å². The highest BCUT2D eigenvalue weighted by Gasteiger charge is 2.33. The van der Waals surface area contributed by atoms with Gasteiger partial charge in [-0.05, 0) is 20.3 Å². The van der Waals surface area contributed by atoms with Gasteiger partial charge in [-0.3, -0.25) is 4.79 Å². The Hall–Kier alpha value is -1.13. The molecule has 0 rings (SSSR count). The van der Waals surface area contributed by atoms with E-state index in [0.29, 0.717) is 0 Å². The van der Waals surface area contributed by atoms with Crippen LogP contribution in [0, 0.1) is 11.3 Å².